The Morgan fingerprint density at radius 2 is 0.833 bits per heavy atom. The van der Waals surface area contributed by atoms with Crippen molar-refractivity contribution in [3.05, 3.63) is 48.5 Å². The van der Waals surface area contributed by atoms with Gasteiger partial charge in [0.1, 0.15) is 0 Å². The topological polar surface area (TPSA) is 0 Å². The molecule has 0 heterocycles. The van der Waals surface area contributed by atoms with E-state index in [-0.39, 0.29) is 47.2 Å². The zero-order valence-electron chi connectivity index (χ0n) is 5.62. The van der Waals surface area contributed by atoms with E-state index in [9.17, 15) is 0 Å². The third-order valence-corrected chi connectivity index (χ3v) is 1.66. The second-order valence-corrected chi connectivity index (χ2v) is 2.35. The first-order valence-corrected chi connectivity index (χ1v) is 3.40. The molecular weight excluding hydrogens is 216 g/mol. The molecule has 0 saturated heterocycles. The van der Waals surface area contributed by atoms with E-state index in [0.717, 1.165) is 0 Å². The van der Waals surface area contributed by atoms with Crippen molar-refractivity contribution in [2.24, 2.45) is 0 Å². The Bertz CT molecular complexity index is 281. The molecule has 0 aromatic heterocycles. The van der Waals surface area contributed by atoms with Crippen molar-refractivity contribution < 1.29 is 0 Å². The zero-order chi connectivity index (χ0) is 6.81. The van der Waals surface area contributed by atoms with Gasteiger partial charge in [0.2, 0.25) is 0 Å². The molecule has 0 aliphatic heterocycles. The number of fused-ring (bicyclic) bond motifs is 1. The summed E-state index contributed by atoms with van der Waals surface area (Å²) in [5.74, 6) is 0. The number of benzene rings is 2. The minimum absolute atomic E-state index is 0. The van der Waals surface area contributed by atoms with Gasteiger partial charge in [-0.2, -0.15) is 0 Å². The fraction of sp³-hybridized carbons (Fsp3) is 0. The molecule has 0 atom stereocenters. The smallest absolute Gasteiger partial charge is 0.0184 e. The first-order valence-electron chi connectivity index (χ1n) is 3.40. The van der Waals surface area contributed by atoms with Crippen molar-refractivity contribution in [2.75, 3.05) is 0 Å². The summed E-state index contributed by atoms with van der Waals surface area (Å²) >= 11 is 0. The van der Waals surface area contributed by atoms with Crippen LogP contribution in [0.5, 0.6) is 0 Å². The van der Waals surface area contributed by atoms with Gasteiger partial charge >= 0.3 is 47.2 Å². The number of hydrogen-bond acceptors (Lipinski definition) is 0. The van der Waals surface area contributed by atoms with Crippen LogP contribution >= 0.6 is 0 Å². The summed E-state index contributed by atoms with van der Waals surface area (Å²) in [6, 6.07) is 16.7. The number of rotatable bonds is 0. The second kappa shape index (κ2) is 5.81. The van der Waals surface area contributed by atoms with Gasteiger partial charge in [-0.1, -0.05) is 48.5 Å². The average Bonchev–Trinajstić information content (AvgIpc) is 2.05. The van der Waals surface area contributed by atoms with Crippen LogP contribution in [0, 0.1) is 0 Å². The van der Waals surface area contributed by atoms with E-state index in [4.69, 9.17) is 0 Å². The van der Waals surface area contributed by atoms with Gasteiger partial charge in [0.25, 0.3) is 0 Å². The minimum atomic E-state index is 0. The Morgan fingerprint density at radius 1 is 0.583 bits per heavy atom. The van der Waals surface area contributed by atoms with Crippen molar-refractivity contribution in [3.8, 4) is 0 Å². The molecule has 0 fully saturated rings. The van der Waals surface area contributed by atoms with E-state index in [0.29, 0.717) is 0 Å². The summed E-state index contributed by atoms with van der Waals surface area (Å²) in [6.07, 6.45) is 0. The van der Waals surface area contributed by atoms with E-state index in [2.05, 4.69) is 48.5 Å². The Hall–Kier alpha value is 0.243. The van der Waals surface area contributed by atoms with Crippen LogP contribution in [0.2, 0.25) is 0 Å². The molecule has 0 spiro atoms. The van der Waals surface area contributed by atoms with Gasteiger partial charge in [-0.3, -0.25) is 0 Å². The van der Waals surface area contributed by atoms with E-state index in [1.165, 1.54) is 10.8 Å². The molecule has 2 heteroatoms. The monoisotopic (exact) mass is 230 g/mol. The van der Waals surface area contributed by atoms with Crippen molar-refractivity contribution in [1.29, 1.82) is 0 Å². The van der Waals surface area contributed by atoms with E-state index >= 15 is 0 Å². The summed E-state index contributed by atoms with van der Waals surface area (Å²) in [5, 5.41) is 2.62. The van der Waals surface area contributed by atoms with Crippen LogP contribution in [0.3, 0.4) is 0 Å². The fourth-order valence-electron chi connectivity index (χ4n) is 1.13. The van der Waals surface area contributed by atoms with Crippen LogP contribution < -0.4 is 0 Å². The molecule has 0 bridgehead atoms. The maximum absolute atomic E-state index is 2.12. The number of hydrogen-bond donors (Lipinski definition) is 0. The molecule has 0 aliphatic carbocycles. The minimum Gasteiger partial charge on any atom is -0.0616 e. The molecule has 0 aliphatic rings. The third-order valence-electron chi connectivity index (χ3n) is 1.66. The molecule has 58 valence electrons. The van der Waals surface area contributed by atoms with Crippen LogP contribution in [0.15, 0.2) is 48.5 Å². The van der Waals surface area contributed by atoms with E-state index < -0.39 is 0 Å². The normalized spacial score (nSPS) is 8.33. The van der Waals surface area contributed by atoms with Gasteiger partial charge in [0.15, 0.2) is 0 Å². The predicted octanol–water partition coefficient (Wildman–Crippen LogP) is 0.740. The van der Waals surface area contributed by atoms with Gasteiger partial charge in [-0.25, -0.2) is 0 Å². The van der Waals surface area contributed by atoms with Crippen LogP contribution in [-0.4, -0.2) is 47.2 Å². The Balaban J connectivity index is 0.000000605. The maximum Gasteiger partial charge on any atom is -0.0184 e. The summed E-state index contributed by atoms with van der Waals surface area (Å²) in [4.78, 5) is 0. The molecule has 0 nitrogen and oxygen atoms in total. The fourth-order valence-corrected chi connectivity index (χ4v) is 1.13. The average molecular weight is 229 g/mol. The van der Waals surface area contributed by atoms with Crippen LogP contribution in [-0.2, 0) is 0 Å². The van der Waals surface area contributed by atoms with Crippen LogP contribution in [0.1, 0.15) is 0 Å². The summed E-state index contributed by atoms with van der Waals surface area (Å²) in [6.45, 7) is 0. The second-order valence-electron chi connectivity index (χ2n) is 2.35. The van der Waals surface area contributed by atoms with Crippen molar-refractivity contribution in [2.45, 2.75) is 0 Å². The molecule has 0 saturated carbocycles. The van der Waals surface area contributed by atoms with Gasteiger partial charge in [-0.05, 0) is 10.8 Å². The Morgan fingerprint density at radius 3 is 1.08 bits per heavy atom. The predicted molar refractivity (Wildman–Crippen MR) is 62.4 cm³/mol. The molecule has 12 heavy (non-hydrogen) atoms. The molecule has 0 N–H and O–H groups in total. The van der Waals surface area contributed by atoms with E-state index in [1.807, 2.05) is 0 Å². The molecule has 2 aromatic carbocycles. The summed E-state index contributed by atoms with van der Waals surface area (Å²) < 4.78 is 0. The van der Waals surface area contributed by atoms with Crippen LogP contribution in [0.25, 0.3) is 10.8 Å². The molecular formula is C10H13GeNa. The maximum atomic E-state index is 2.12. The van der Waals surface area contributed by atoms with Crippen molar-refractivity contribution >= 4 is 57.9 Å². The summed E-state index contributed by atoms with van der Waals surface area (Å²) in [5.41, 5.74) is 0. The van der Waals surface area contributed by atoms with Gasteiger partial charge in [0.05, 0.1) is 0 Å². The van der Waals surface area contributed by atoms with Gasteiger partial charge < -0.3 is 0 Å². The first-order chi connectivity index (χ1) is 4.97. The van der Waals surface area contributed by atoms with Gasteiger partial charge in [-0.15, -0.1) is 0 Å². The molecule has 2 rings (SSSR count). The van der Waals surface area contributed by atoms with Gasteiger partial charge in [0, 0.05) is 0 Å². The molecule has 0 amide bonds. The Labute approximate surface area is 106 Å². The quantitative estimate of drug-likeness (QED) is 0.584. The first kappa shape index (κ1) is 12.2. The third kappa shape index (κ3) is 2.63. The molecule has 0 unspecified atom stereocenters. The largest absolute Gasteiger partial charge is 0.0616 e. The van der Waals surface area contributed by atoms with E-state index in [1.54, 1.807) is 0 Å². The molecule has 2 aromatic rings. The Kier molecular flexibility index (Phi) is 5.93. The standard InChI is InChI=1S/C10H8.GeH4.Na.H/c1-2-6-10-8-4-3-7-9(10)5-1;;;/h1-8H;1H4;;. The zero-order valence-corrected chi connectivity index (χ0v) is 5.62. The SMILES string of the molecule is [GeH4].[NaH].c1ccc2ccccc2c1. The summed E-state index contributed by atoms with van der Waals surface area (Å²) in [7, 11) is 0. The molecule has 0 radical (unpaired) electrons. The van der Waals surface area contributed by atoms with Crippen LogP contribution in [0.4, 0.5) is 0 Å². The van der Waals surface area contributed by atoms with Crippen molar-refractivity contribution in [3.63, 3.8) is 0 Å². The van der Waals surface area contributed by atoms with Crippen molar-refractivity contribution in [1.82, 2.24) is 0 Å².